The minimum atomic E-state index is -3.67. The monoisotopic (exact) mass is 344 g/mol. The lowest BCUT2D eigenvalue weighted by molar-refractivity contribution is -0.286. The van der Waals surface area contributed by atoms with Crippen LogP contribution < -0.4 is 14.8 Å². The standard InChI is InChI=1S/C18H14F2N2O3/c19-18(20)24-15-7-6-12(9-16(15)25-18)22-17(23)8-5-11-10-21-14-4-2-1-3-13(11)14/h1-4,6-7,9-10,21H,5,8H2,(H,22,23). The highest BCUT2D eigenvalue weighted by Crippen LogP contribution is 2.42. The topological polar surface area (TPSA) is 63.4 Å². The molecule has 4 rings (SSSR count). The number of benzene rings is 2. The quantitative estimate of drug-likeness (QED) is 0.750. The van der Waals surface area contributed by atoms with Crippen LogP contribution in [0.3, 0.4) is 0 Å². The van der Waals surface area contributed by atoms with E-state index in [1.54, 1.807) is 0 Å². The predicted octanol–water partition coefficient (Wildman–Crippen LogP) is 4.06. The summed E-state index contributed by atoms with van der Waals surface area (Å²) in [6, 6.07) is 12.0. The lowest BCUT2D eigenvalue weighted by Gasteiger charge is -2.06. The molecule has 2 heterocycles. The molecular weight excluding hydrogens is 330 g/mol. The second-order valence-corrected chi connectivity index (χ2v) is 5.74. The van der Waals surface area contributed by atoms with Crippen LogP contribution in [0.25, 0.3) is 10.9 Å². The van der Waals surface area contributed by atoms with Gasteiger partial charge in [-0.15, -0.1) is 8.78 Å². The number of carbonyl (C=O) groups is 1. The summed E-state index contributed by atoms with van der Waals surface area (Å²) in [5.74, 6) is -0.364. The zero-order valence-corrected chi connectivity index (χ0v) is 13.0. The van der Waals surface area contributed by atoms with Gasteiger partial charge in [0, 0.05) is 35.3 Å². The molecule has 1 aliphatic heterocycles. The minimum absolute atomic E-state index is 0.0539. The summed E-state index contributed by atoms with van der Waals surface area (Å²) in [6.07, 6.45) is -0.939. The van der Waals surface area contributed by atoms with Crippen molar-refractivity contribution >= 4 is 22.5 Å². The Kier molecular flexibility index (Phi) is 3.56. The second-order valence-electron chi connectivity index (χ2n) is 5.74. The average Bonchev–Trinajstić information content (AvgIpc) is 3.11. The number of anilines is 1. The Hall–Kier alpha value is -3.09. The van der Waals surface area contributed by atoms with Crippen LogP contribution in [-0.4, -0.2) is 17.2 Å². The van der Waals surface area contributed by atoms with E-state index in [2.05, 4.69) is 19.8 Å². The summed E-state index contributed by atoms with van der Waals surface area (Å²) in [4.78, 5) is 15.3. The third kappa shape index (κ3) is 3.13. The first kappa shape index (κ1) is 15.4. The van der Waals surface area contributed by atoms with Gasteiger partial charge in [0.2, 0.25) is 5.91 Å². The van der Waals surface area contributed by atoms with Crippen molar-refractivity contribution in [2.75, 3.05) is 5.32 Å². The number of carbonyl (C=O) groups excluding carboxylic acids is 1. The Bertz CT molecular complexity index is 952. The van der Waals surface area contributed by atoms with Crippen LogP contribution in [0.5, 0.6) is 11.5 Å². The highest BCUT2D eigenvalue weighted by molar-refractivity contribution is 5.92. The maximum absolute atomic E-state index is 13.0. The molecule has 25 heavy (non-hydrogen) atoms. The Balaban J connectivity index is 1.40. The first-order chi connectivity index (χ1) is 12.0. The van der Waals surface area contributed by atoms with Gasteiger partial charge >= 0.3 is 6.29 Å². The van der Waals surface area contributed by atoms with Gasteiger partial charge in [-0.3, -0.25) is 4.79 Å². The van der Waals surface area contributed by atoms with Crippen molar-refractivity contribution in [3.05, 3.63) is 54.2 Å². The van der Waals surface area contributed by atoms with Crippen molar-refractivity contribution in [3.8, 4) is 11.5 Å². The lowest BCUT2D eigenvalue weighted by atomic mass is 10.1. The number of aryl methyl sites for hydroxylation is 1. The summed E-state index contributed by atoms with van der Waals surface area (Å²) in [7, 11) is 0. The number of nitrogens with one attached hydrogen (secondary N) is 2. The van der Waals surface area contributed by atoms with E-state index in [0.29, 0.717) is 12.1 Å². The first-order valence-corrected chi connectivity index (χ1v) is 7.75. The van der Waals surface area contributed by atoms with Crippen LogP contribution in [0.1, 0.15) is 12.0 Å². The number of halogens is 2. The van der Waals surface area contributed by atoms with E-state index in [4.69, 9.17) is 0 Å². The normalized spacial score (nSPS) is 14.6. The Morgan fingerprint density at radius 1 is 1.12 bits per heavy atom. The number of H-pyrrole nitrogens is 1. The molecule has 2 aromatic carbocycles. The van der Waals surface area contributed by atoms with Gasteiger partial charge in [0.05, 0.1) is 0 Å². The molecule has 3 aromatic rings. The fourth-order valence-electron chi connectivity index (χ4n) is 2.84. The van der Waals surface area contributed by atoms with Crippen molar-refractivity contribution in [1.82, 2.24) is 4.98 Å². The molecular formula is C18H14F2N2O3. The zero-order valence-electron chi connectivity index (χ0n) is 13.0. The SMILES string of the molecule is O=C(CCc1c[nH]c2ccccc12)Nc1ccc2c(c1)OC(F)(F)O2. The fourth-order valence-corrected chi connectivity index (χ4v) is 2.84. The lowest BCUT2D eigenvalue weighted by Crippen LogP contribution is -2.25. The molecule has 0 radical (unpaired) electrons. The molecule has 1 aromatic heterocycles. The van der Waals surface area contributed by atoms with Crippen molar-refractivity contribution in [1.29, 1.82) is 0 Å². The molecule has 0 fully saturated rings. The average molecular weight is 344 g/mol. The summed E-state index contributed by atoms with van der Waals surface area (Å²) in [5, 5.41) is 3.76. The molecule has 0 aliphatic carbocycles. The molecule has 0 atom stereocenters. The van der Waals surface area contributed by atoms with E-state index in [9.17, 15) is 13.6 Å². The van der Waals surface area contributed by atoms with Gasteiger partial charge in [-0.1, -0.05) is 18.2 Å². The largest absolute Gasteiger partial charge is 0.586 e. The molecule has 5 nitrogen and oxygen atoms in total. The Labute approximate surface area is 141 Å². The maximum Gasteiger partial charge on any atom is 0.586 e. The van der Waals surface area contributed by atoms with Crippen LogP contribution in [0.2, 0.25) is 0 Å². The summed E-state index contributed by atoms with van der Waals surface area (Å²) < 4.78 is 34.7. The number of fused-ring (bicyclic) bond motifs is 2. The molecule has 0 saturated heterocycles. The van der Waals surface area contributed by atoms with Crippen LogP contribution >= 0.6 is 0 Å². The summed E-state index contributed by atoms with van der Waals surface area (Å²) in [5.41, 5.74) is 2.45. The molecule has 0 unspecified atom stereocenters. The third-order valence-electron chi connectivity index (χ3n) is 3.98. The van der Waals surface area contributed by atoms with Crippen molar-refractivity contribution in [2.24, 2.45) is 0 Å². The number of hydrogen-bond acceptors (Lipinski definition) is 3. The van der Waals surface area contributed by atoms with E-state index in [-0.39, 0.29) is 23.8 Å². The van der Waals surface area contributed by atoms with Crippen molar-refractivity contribution in [2.45, 2.75) is 19.1 Å². The highest BCUT2D eigenvalue weighted by Gasteiger charge is 2.43. The van der Waals surface area contributed by atoms with Crippen LogP contribution in [0, 0.1) is 0 Å². The molecule has 128 valence electrons. The van der Waals surface area contributed by atoms with Crippen LogP contribution in [0.15, 0.2) is 48.7 Å². The van der Waals surface area contributed by atoms with E-state index in [0.717, 1.165) is 16.5 Å². The van der Waals surface area contributed by atoms with E-state index in [1.807, 2.05) is 30.5 Å². The number of hydrogen-bond donors (Lipinski definition) is 2. The third-order valence-corrected chi connectivity index (χ3v) is 3.98. The van der Waals surface area contributed by atoms with Crippen molar-refractivity contribution < 1.29 is 23.0 Å². The number of amides is 1. The minimum Gasteiger partial charge on any atom is -0.395 e. The zero-order chi connectivity index (χ0) is 17.4. The van der Waals surface area contributed by atoms with Crippen LogP contribution in [-0.2, 0) is 11.2 Å². The number of para-hydroxylation sites is 1. The van der Waals surface area contributed by atoms with E-state index >= 15 is 0 Å². The number of ether oxygens (including phenoxy) is 2. The molecule has 0 saturated carbocycles. The van der Waals surface area contributed by atoms with Gasteiger partial charge in [-0.2, -0.15) is 0 Å². The first-order valence-electron chi connectivity index (χ1n) is 7.75. The summed E-state index contributed by atoms with van der Waals surface area (Å²) in [6.45, 7) is 0. The smallest absolute Gasteiger partial charge is 0.395 e. The fraction of sp³-hybridized carbons (Fsp3) is 0.167. The second kappa shape index (κ2) is 5.77. The number of aromatic amines is 1. The van der Waals surface area contributed by atoms with E-state index in [1.165, 1.54) is 18.2 Å². The van der Waals surface area contributed by atoms with Gasteiger partial charge in [0.1, 0.15) is 0 Å². The predicted molar refractivity (Wildman–Crippen MR) is 87.9 cm³/mol. The Morgan fingerprint density at radius 2 is 1.92 bits per heavy atom. The van der Waals surface area contributed by atoms with Crippen molar-refractivity contribution in [3.63, 3.8) is 0 Å². The van der Waals surface area contributed by atoms with Crippen LogP contribution in [0.4, 0.5) is 14.5 Å². The number of rotatable bonds is 4. The molecule has 1 amide bonds. The highest BCUT2D eigenvalue weighted by atomic mass is 19.3. The van der Waals surface area contributed by atoms with E-state index < -0.39 is 6.29 Å². The molecule has 1 aliphatic rings. The van der Waals surface area contributed by atoms with Gasteiger partial charge in [0.25, 0.3) is 0 Å². The molecule has 0 bridgehead atoms. The van der Waals surface area contributed by atoms with Gasteiger partial charge in [-0.05, 0) is 30.2 Å². The molecule has 7 heteroatoms. The molecule has 0 spiro atoms. The Morgan fingerprint density at radius 3 is 2.80 bits per heavy atom. The van der Waals surface area contributed by atoms with Gasteiger partial charge < -0.3 is 19.8 Å². The van der Waals surface area contributed by atoms with Gasteiger partial charge in [-0.25, -0.2) is 0 Å². The summed E-state index contributed by atoms with van der Waals surface area (Å²) >= 11 is 0. The maximum atomic E-state index is 13.0. The molecule has 2 N–H and O–H groups in total. The number of alkyl halides is 2. The van der Waals surface area contributed by atoms with Gasteiger partial charge in [0.15, 0.2) is 11.5 Å². The number of aromatic nitrogens is 1.